The molecule has 0 amide bonds. The maximum Gasteiger partial charge on any atom is 0.141 e. The SMILES string of the molecule is Ic1c(-c2ccccc2)c2cccnc2n1Cc1ccccc1. The molecular formula is C20H15IN2. The Morgan fingerprint density at radius 3 is 2.26 bits per heavy atom. The lowest BCUT2D eigenvalue weighted by atomic mass is 10.1. The molecule has 0 saturated carbocycles. The topological polar surface area (TPSA) is 17.8 Å². The van der Waals surface area contributed by atoms with Gasteiger partial charge in [0.25, 0.3) is 0 Å². The Morgan fingerprint density at radius 1 is 0.826 bits per heavy atom. The Bertz CT molecular complexity index is 943. The van der Waals surface area contributed by atoms with E-state index in [1.165, 1.54) is 25.8 Å². The third-order valence-electron chi connectivity index (χ3n) is 4.00. The van der Waals surface area contributed by atoms with Gasteiger partial charge in [0.1, 0.15) is 5.65 Å². The molecule has 4 rings (SSSR count). The first-order chi connectivity index (χ1) is 11.3. The predicted octanol–water partition coefficient (Wildman–Crippen LogP) is 5.36. The van der Waals surface area contributed by atoms with Crippen molar-refractivity contribution >= 4 is 33.6 Å². The van der Waals surface area contributed by atoms with Gasteiger partial charge in [-0.2, -0.15) is 0 Å². The highest BCUT2D eigenvalue weighted by Crippen LogP contribution is 2.35. The lowest BCUT2D eigenvalue weighted by Gasteiger charge is -2.07. The Kier molecular flexibility index (Phi) is 3.87. The second kappa shape index (κ2) is 6.16. The van der Waals surface area contributed by atoms with Gasteiger partial charge in [0.2, 0.25) is 0 Å². The van der Waals surface area contributed by atoms with Crippen molar-refractivity contribution in [3.8, 4) is 11.1 Å². The Morgan fingerprint density at radius 2 is 1.52 bits per heavy atom. The van der Waals surface area contributed by atoms with Crippen molar-refractivity contribution in [3.63, 3.8) is 0 Å². The second-order valence-corrected chi connectivity index (χ2v) is 6.50. The van der Waals surface area contributed by atoms with Crippen LogP contribution in [0.15, 0.2) is 79.0 Å². The number of halogens is 1. The monoisotopic (exact) mass is 410 g/mol. The lowest BCUT2D eigenvalue weighted by molar-refractivity contribution is 0.805. The number of hydrogen-bond donors (Lipinski definition) is 0. The molecule has 0 bridgehead atoms. The molecule has 0 saturated heterocycles. The first-order valence-electron chi connectivity index (χ1n) is 7.56. The molecule has 0 radical (unpaired) electrons. The molecule has 112 valence electrons. The standard InChI is InChI=1S/C20H15IN2/c21-19-18(16-10-5-2-6-11-16)17-12-7-13-22-20(17)23(19)14-15-8-3-1-4-9-15/h1-13H,14H2. The Balaban J connectivity index is 1.94. The average molecular weight is 410 g/mol. The number of rotatable bonds is 3. The van der Waals surface area contributed by atoms with Crippen molar-refractivity contribution in [3.05, 3.63) is 88.3 Å². The van der Waals surface area contributed by atoms with Crippen LogP contribution in [0.5, 0.6) is 0 Å². The summed E-state index contributed by atoms with van der Waals surface area (Å²) in [6, 6.07) is 25.3. The van der Waals surface area contributed by atoms with Gasteiger partial charge >= 0.3 is 0 Å². The summed E-state index contributed by atoms with van der Waals surface area (Å²) in [7, 11) is 0. The van der Waals surface area contributed by atoms with Crippen molar-refractivity contribution in [2.24, 2.45) is 0 Å². The zero-order valence-electron chi connectivity index (χ0n) is 12.5. The van der Waals surface area contributed by atoms with Gasteiger partial charge in [-0.3, -0.25) is 0 Å². The third-order valence-corrected chi connectivity index (χ3v) is 5.12. The van der Waals surface area contributed by atoms with E-state index in [1.54, 1.807) is 0 Å². The largest absolute Gasteiger partial charge is 0.316 e. The predicted molar refractivity (Wildman–Crippen MR) is 103 cm³/mol. The summed E-state index contributed by atoms with van der Waals surface area (Å²) in [5, 5.41) is 1.21. The van der Waals surface area contributed by atoms with E-state index in [0.717, 1.165) is 12.2 Å². The third kappa shape index (κ3) is 2.65. The second-order valence-electron chi connectivity index (χ2n) is 5.48. The van der Waals surface area contributed by atoms with Gasteiger partial charge in [0.15, 0.2) is 0 Å². The van der Waals surface area contributed by atoms with Crippen molar-refractivity contribution in [2.45, 2.75) is 6.54 Å². The van der Waals surface area contributed by atoms with E-state index in [-0.39, 0.29) is 0 Å². The summed E-state index contributed by atoms with van der Waals surface area (Å²) in [6.45, 7) is 0.833. The van der Waals surface area contributed by atoms with E-state index in [4.69, 9.17) is 0 Å². The molecule has 0 aliphatic heterocycles. The van der Waals surface area contributed by atoms with E-state index in [0.29, 0.717) is 0 Å². The Labute approximate surface area is 148 Å². The molecule has 0 spiro atoms. The molecule has 2 aromatic heterocycles. The zero-order valence-corrected chi connectivity index (χ0v) is 14.6. The van der Waals surface area contributed by atoms with Gasteiger partial charge in [-0.1, -0.05) is 60.7 Å². The minimum Gasteiger partial charge on any atom is -0.316 e. The zero-order chi connectivity index (χ0) is 15.6. The molecule has 0 unspecified atom stereocenters. The van der Waals surface area contributed by atoms with Gasteiger partial charge in [0.05, 0.1) is 10.2 Å². The number of fused-ring (bicyclic) bond motifs is 1. The van der Waals surface area contributed by atoms with E-state index in [9.17, 15) is 0 Å². The minimum atomic E-state index is 0.833. The molecule has 4 aromatic rings. The normalized spacial score (nSPS) is 11.0. The molecule has 2 nitrogen and oxygen atoms in total. The van der Waals surface area contributed by atoms with E-state index >= 15 is 0 Å². The van der Waals surface area contributed by atoms with Gasteiger partial charge in [0, 0.05) is 17.1 Å². The van der Waals surface area contributed by atoms with Crippen LogP contribution < -0.4 is 0 Å². The quantitative estimate of drug-likeness (QED) is 0.416. The van der Waals surface area contributed by atoms with Crippen LogP contribution in [0.1, 0.15) is 5.56 Å². The van der Waals surface area contributed by atoms with Crippen LogP contribution in [-0.2, 0) is 6.54 Å². The highest BCUT2D eigenvalue weighted by molar-refractivity contribution is 14.1. The van der Waals surface area contributed by atoms with E-state index < -0.39 is 0 Å². The van der Waals surface area contributed by atoms with Crippen molar-refractivity contribution in [1.82, 2.24) is 9.55 Å². The maximum atomic E-state index is 4.64. The molecule has 0 aliphatic rings. The number of hydrogen-bond acceptors (Lipinski definition) is 1. The molecule has 0 atom stereocenters. The fourth-order valence-electron chi connectivity index (χ4n) is 2.94. The van der Waals surface area contributed by atoms with Crippen LogP contribution in [0.3, 0.4) is 0 Å². The molecular weight excluding hydrogens is 395 g/mol. The number of benzene rings is 2. The molecule has 23 heavy (non-hydrogen) atoms. The van der Waals surface area contributed by atoms with Crippen LogP contribution in [0.25, 0.3) is 22.2 Å². The van der Waals surface area contributed by atoms with E-state index in [1.807, 2.05) is 12.3 Å². The summed E-state index contributed by atoms with van der Waals surface area (Å²) in [6.07, 6.45) is 1.87. The summed E-state index contributed by atoms with van der Waals surface area (Å²) >= 11 is 2.45. The average Bonchev–Trinajstić information content (AvgIpc) is 2.89. The van der Waals surface area contributed by atoms with Crippen molar-refractivity contribution in [1.29, 1.82) is 0 Å². The molecule has 0 fully saturated rings. The number of pyridine rings is 1. The van der Waals surface area contributed by atoms with Crippen LogP contribution in [0.4, 0.5) is 0 Å². The number of nitrogens with zero attached hydrogens (tertiary/aromatic N) is 2. The first kappa shape index (κ1) is 14.5. The summed E-state index contributed by atoms with van der Waals surface area (Å²) in [5.41, 5.74) is 4.83. The highest BCUT2D eigenvalue weighted by Gasteiger charge is 2.17. The summed E-state index contributed by atoms with van der Waals surface area (Å²) < 4.78 is 3.53. The van der Waals surface area contributed by atoms with Crippen molar-refractivity contribution < 1.29 is 0 Å². The fourth-order valence-corrected chi connectivity index (χ4v) is 3.94. The van der Waals surface area contributed by atoms with Crippen LogP contribution in [0, 0.1) is 3.70 Å². The molecule has 0 N–H and O–H groups in total. The van der Waals surface area contributed by atoms with Gasteiger partial charge in [-0.05, 0) is 45.9 Å². The Hall–Kier alpha value is -2.14. The number of aromatic nitrogens is 2. The summed E-state index contributed by atoms with van der Waals surface area (Å²) in [5.74, 6) is 0. The lowest BCUT2D eigenvalue weighted by Crippen LogP contribution is -2.02. The molecule has 2 heterocycles. The van der Waals surface area contributed by atoms with Crippen molar-refractivity contribution in [2.75, 3.05) is 0 Å². The summed E-state index contributed by atoms with van der Waals surface area (Å²) in [4.78, 5) is 4.64. The fraction of sp³-hybridized carbons (Fsp3) is 0.0500. The van der Waals surface area contributed by atoms with Crippen LogP contribution >= 0.6 is 22.6 Å². The van der Waals surface area contributed by atoms with Gasteiger partial charge < -0.3 is 4.57 Å². The first-order valence-corrected chi connectivity index (χ1v) is 8.64. The van der Waals surface area contributed by atoms with E-state index in [2.05, 4.69) is 98.9 Å². The highest BCUT2D eigenvalue weighted by atomic mass is 127. The molecule has 3 heteroatoms. The molecule has 2 aromatic carbocycles. The molecule has 0 aliphatic carbocycles. The van der Waals surface area contributed by atoms with Gasteiger partial charge in [-0.15, -0.1) is 0 Å². The minimum absolute atomic E-state index is 0.833. The smallest absolute Gasteiger partial charge is 0.141 e. The van der Waals surface area contributed by atoms with Crippen LogP contribution in [0.2, 0.25) is 0 Å². The van der Waals surface area contributed by atoms with Crippen LogP contribution in [-0.4, -0.2) is 9.55 Å². The maximum absolute atomic E-state index is 4.64. The van der Waals surface area contributed by atoms with Gasteiger partial charge in [-0.25, -0.2) is 4.98 Å².